The van der Waals surface area contributed by atoms with Gasteiger partial charge < -0.3 is 10.2 Å². The largest absolute Gasteiger partial charge is 0.370 e. The first kappa shape index (κ1) is 15.0. The van der Waals surface area contributed by atoms with Crippen LogP contribution in [-0.2, 0) is 6.42 Å². The quantitative estimate of drug-likeness (QED) is 0.915. The lowest BCUT2D eigenvalue weighted by Crippen LogP contribution is -2.26. The van der Waals surface area contributed by atoms with E-state index in [1.165, 1.54) is 5.56 Å². The molecule has 0 radical (unpaired) electrons. The highest BCUT2D eigenvalue weighted by atomic mass is 16.2. The van der Waals surface area contributed by atoms with Gasteiger partial charge in [-0.15, -0.1) is 0 Å². The van der Waals surface area contributed by atoms with Gasteiger partial charge >= 0.3 is 0 Å². The minimum atomic E-state index is -0.0604. The van der Waals surface area contributed by atoms with E-state index in [1.54, 1.807) is 24.2 Å². The van der Waals surface area contributed by atoms with Crippen LogP contribution in [-0.4, -0.2) is 24.5 Å². The number of nitrogens with zero attached hydrogens (tertiary/aromatic N) is 2. The Balaban J connectivity index is 2.13. The second-order valence-electron chi connectivity index (χ2n) is 4.85. The number of hydrogen-bond acceptors (Lipinski definition) is 3. The standard InChI is InChI=1S/C17H21N3O/c1-4-13-6-9-15(10-7-13)20(3)17(21)14-8-11-16(18-5-2)19-12-14/h6-12H,4-5H2,1-3H3,(H,18,19). The van der Waals surface area contributed by atoms with Gasteiger partial charge in [-0.2, -0.15) is 0 Å². The van der Waals surface area contributed by atoms with Gasteiger partial charge in [0.25, 0.3) is 5.91 Å². The summed E-state index contributed by atoms with van der Waals surface area (Å²) >= 11 is 0. The molecule has 0 atom stereocenters. The van der Waals surface area contributed by atoms with Crippen LogP contribution in [0.25, 0.3) is 0 Å². The smallest absolute Gasteiger partial charge is 0.259 e. The fourth-order valence-corrected chi connectivity index (χ4v) is 2.07. The van der Waals surface area contributed by atoms with Crippen LogP contribution >= 0.6 is 0 Å². The maximum atomic E-state index is 12.4. The number of nitrogens with one attached hydrogen (secondary N) is 1. The van der Waals surface area contributed by atoms with Crippen LogP contribution in [0.15, 0.2) is 42.6 Å². The molecule has 0 aliphatic rings. The SMILES string of the molecule is CCNc1ccc(C(=O)N(C)c2ccc(CC)cc2)cn1. The summed E-state index contributed by atoms with van der Waals surface area (Å²) in [6, 6.07) is 11.7. The van der Waals surface area contributed by atoms with Gasteiger partial charge in [-0.25, -0.2) is 4.98 Å². The predicted octanol–water partition coefficient (Wildman–Crippen LogP) is 3.35. The Labute approximate surface area is 125 Å². The van der Waals surface area contributed by atoms with E-state index in [9.17, 15) is 4.79 Å². The Bertz CT molecular complexity index is 590. The van der Waals surface area contributed by atoms with Crippen molar-refractivity contribution in [3.05, 3.63) is 53.7 Å². The zero-order valence-electron chi connectivity index (χ0n) is 12.8. The first-order valence-corrected chi connectivity index (χ1v) is 7.22. The summed E-state index contributed by atoms with van der Waals surface area (Å²) < 4.78 is 0. The van der Waals surface area contributed by atoms with Gasteiger partial charge in [-0.3, -0.25) is 4.79 Å². The second-order valence-corrected chi connectivity index (χ2v) is 4.85. The highest BCUT2D eigenvalue weighted by Gasteiger charge is 2.13. The molecule has 4 nitrogen and oxygen atoms in total. The Kier molecular flexibility index (Phi) is 4.93. The van der Waals surface area contributed by atoms with Crippen molar-refractivity contribution in [3.63, 3.8) is 0 Å². The molecule has 2 aromatic rings. The number of aryl methyl sites for hydroxylation is 1. The van der Waals surface area contributed by atoms with Gasteiger partial charge in [-0.1, -0.05) is 19.1 Å². The first-order valence-electron chi connectivity index (χ1n) is 7.22. The van der Waals surface area contributed by atoms with E-state index in [-0.39, 0.29) is 5.91 Å². The molecule has 1 aromatic carbocycles. The van der Waals surface area contributed by atoms with E-state index in [2.05, 4.69) is 17.2 Å². The summed E-state index contributed by atoms with van der Waals surface area (Å²) in [6.45, 7) is 4.93. The average molecular weight is 283 g/mol. The zero-order chi connectivity index (χ0) is 15.2. The average Bonchev–Trinajstić information content (AvgIpc) is 2.54. The van der Waals surface area contributed by atoms with Crippen molar-refractivity contribution in [2.75, 3.05) is 23.8 Å². The monoisotopic (exact) mass is 283 g/mol. The molecule has 0 aliphatic heterocycles. The van der Waals surface area contributed by atoms with Crippen molar-refractivity contribution >= 4 is 17.4 Å². The lowest BCUT2D eigenvalue weighted by atomic mass is 10.1. The lowest BCUT2D eigenvalue weighted by molar-refractivity contribution is 0.0992. The number of carbonyl (C=O) groups is 1. The number of hydrogen-bond donors (Lipinski definition) is 1. The summed E-state index contributed by atoms with van der Waals surface area (Å²) in [5.41, 5.74) is 2.72. The normalized spacial score (nSPS) is 10.2. The summed E-state index contributed by atoms with van der Waals surface area (Å²) in [4.78, 5) is 18.3. The summed E-state index contributed by atoms with van der Waals surface area (Å²) in [5.74, 6) is 0.721. The molecule has 2 rings (SSSR count). The molecule has 21 heavy (non-hydrogen) atoms. The summed E-state index contributed by atoms with van der Waals surface area (Å²) in [6.07, 6.45) is 2.60. The number of amides is 1. The van der Waals surface area contributed by atoms with Crippen LogP contribution in [0.3, 0.4) is 0 Å². The molecular formula is C17H21N3O. The predicted molar refractivity (Wildman–Crippen MR) is 87.0 cm³/mol. The highest BCUT2D eigenvalue weighted by Crippen LogP contribution is 2.17. The third kappa shape index (κ3) is 3.60. The van der Waals surface area contributed by atoms with Gasteiger partial charge in [0, 0.05) is 25.5 Å². The number of carbonyl (C=O) groups excluding carboxylic acids is 1. The van der Waals surface area contributed by atoms with Crippen LogP contribution in [0.1, 0.15) is 29.8 Å². The first-order chi connectivity index (χ1) is 10.2. The number of benzene rings is 1. The molecular weight excluding hydrogens is 262 g/mol. The minimum Gasteiger partial charge on any atom is -0.370 e. The third-order valence-electron chi connectivity index (χ3n) is 3.40. The van der Waals surface area contributed by atoms with E-state index in [0.29, 0.717) is 5.56 Å². The molecule has 0 fully saturated rings. The molecule has 0 spiro atoms. The van der Waals surface area contributed by atoms with E-state index < -0.39 is 0 Å². The minimum absolute atomic E-state index is 0.0604. The van der Waals surface area contributed by atoms with Crippen molar-refractivity contribution in [3.8, 4) is 0 Å². The molecule has 0 aliphatic carbocycles. The maximum Gasteiger partial charge on any atom is 0.259 e. The van der Waals surface area contributed by atoms with Crippen molar-refractivity contribution in [1.29, 1.82) is 0 Å². The van der Waals surface area contributed by atoms with Gasteiger partial charge in [0.05, 0.1) is 5.56 Å². The van der Waals surface area contributed by atoms with E-state index in [1.807, 2.05) is 37.3 Å². The molecule has 4 heteroatoms. The van der Waals surface area contributed by atoms with Crippen LogP contribution in [0, 0.1) is 0 Å². The van der Waals surface area contributed by atoms with Crippen molar-refractivity contribution in [1.82, 2.24) is 4.98 Å². The Morgan fingerprint density at radius 3 is 2.38 bits per heavy atom. The number of pyridine rings is 1. The van der Waals surface area contributed by atoms with Crippen LogP contribution in [0.5, 0.6) is 0 Å². The highest BCUT2D eigenvalue weighted by molar-refractivity contribution is 6.05. The molecule has 1 heterocycles. The molecule has 1 N–H and O–H groups in total. The molecule has 1 amide bonds. The van der Waals surface area contributed by atoms with Crippen molar-refractivity contribution < 1.29 is 4.79 Å². The van der Waals surface area contributed by atoms with Gasteiger partial charge in [0.15, 0.2) is 0 Å². The van der Waals surface area contributed by atoms with Gasteiger partial charge in [0.2, 0.25) is 0 Å². The topological polar surface area (TPSA) is 45.2 Å². The molecule has 0 unspecified atom stereocenters. The lowest BCUT2D eigenvalue weighted by Gasteiger charge is -2.17. The molecule has 110 valence electrons. The molecule has 0 saturated carbocycles. The fourth-order valence-electron chi connectivity index (χ4n) is 2.07. The van der Waals surface area contributed by atoms with Crippen molar-refractivity contribution in [2.45, 2.75) is 20.3 Å². The Morgan fingerprint density at radius 2 is 1.86 bits per heavy atom. The molecule has 0 saturated heterocycles. The van der Waals surface area contributed by atoms with E-state index in [4.69, 9.17) is 0 Å². The number of anilines is 2. The van der Waals surface area contributed by atoms with E-state index in [0.717, 1.165) is 24.5 Å². The summed E-state index contributed by atoms with van der Waals surface area (Å²) in [5, 5.41) is 3.11. The number of rotatable bonds is 5. The zero-order valence-corrected chi connectivity index (χ0v) is 12.8. The van der Waals surface area contributed by atoms with Gasteiger partial charge in [0.1, 0.15) is 5.82 Å². The van der Waals surface area contributed by atoms with Crippen LogP contribution in [0.4, 0.5) is 11.5 Å². The van der Waals surface area contributed by atoms with E-state index >= 15 is 0 Å². The summed E-state index contributed by atoms with van der Waals surface area (Å²) in [7, 11) is 1.78. The fraction of sp³-hybridized carbons (Fsp3) is 0.294. The third-order valence-corrected chi connectivity index (χ3v) is 3.40. The Hall–Kier alpha value is -2.36. The van der Waals surface area contributed by atoms with Crippen LogP contribution < -0.4 is 10.2 Å². The molecule has 1 aromatic heterocycles. The van der Waals surface area contributed by atoms with Crippen LogP contribution in [0.2, 0.25) is 0 Å². The Morgan fingerprint density at radius 1 is 1.14 bits per heavy atom. The second kappa shape index (κ2) is 6.88. The number of aromatic nitrogens is 1. The van der Waals surface area contributed by atoms with Gasteiger partial charge in [-0.05, 0) is 43.2 Å². The van der Waals surface area contributed by atoms with Crippen molar-refractivity contribution in [2.24, 2.45) is 0 Å². The molecule has 0 bridgehead atoms. The maximum absolute atomic E-state index is 12.4.